The molecule has 1 aromatic heterocycles. The van der Waals surface area contributed by atoms with Crippen molar-refractivity contribution in [3.8, 4) is 5.69 Å². The molecule has 0 aliphatic heterocycles. The second-order valence-electron chi connectivity index (χ2n) is 3.12. The third kappa shape index (κ3) is 1.81. The van der Waals surface area contributed by atoms with Crippen LogP contribution in [0.25, 0.3) is 5.69 Å². The maximum absolute atomic E-state index is 5.15. The van der Waals surface area contributed by atoms with Crippen LogP contribution in [0.4, 0.5) is 0 Å². The molecule has 0 radical (unpaired) electrons. The average Bonchev–Trinajstić information content (AvgIpc) is 2.49. The van der Waals surface area contributed by atoms with Crippen LogP contribution >= 0.6 is 28.1 Å². The van der Waals surface area contributed by atoms with E-state index in [-0.39, 0.29) is 0 Å². The summed E-state index contributed by atoms with van der Waals surface area (Å²) in [4.78, 5) is 2.97. The number of imidazole rings is 1. The van der Waals surface area contributed by atoms with Gasteiger partial charge in [-0.05, 0) is 42.9 Å². The highest BCUT2D eigenvalue weighted by atomic mass is 79.9. The topological polar surface area (TPSA) is 20.7 Å². The van der Waals surface area contributed by atoms with E-state index in [1.807, 2.05) is 23.0 Å². The summed E-state index contributed by atoms with van der Waals surface area (Å²) in [5.74, 6) is 0. The van der Waals surface area contributed by atoms with Gasteiger partial charge in [0.15, 0.2) is 4.77 Å². The minimum atomic E-state index is 0.711. The summed E-state index contributed by atoms with van der Waals surface area (Å²) in [6, 6.07) is 6.20. The fourth-order valence-corrected chi connectivity index (χ4v) is 2.21. The molecular formula is C10H9BrN2S. The van der Waals surface area contributed by atoms with Crippen molar-refractivity contribution in [3.63, 3.8) is 0 Å². The van der Waals surface area contributed by atoms with Crippen molar-refractivity contribution in [1.82, 2.24) is 9.55 Å². The van der Waals surface area contributed by atoms with E-state index in [0.717, 1.165) is 10.2 Å². The zero-order valence-corrected chi connectivity index (χ0v) is 10.0. The van der Waals surface area contributed by atoms with E-state index in [0.29, 0.717) is 4.77 Å². The molecule has 2 rings (SSSR count). The lowest BCUT2D eigenvalue weighted by Gasteiger charge is -2.04. The molecule has 0 atom stereocenters. The number of rotatable bonds is 1. The predicted molar refractivity (Wildman–Crippen MR) is 63.4 cm³/mol. The van der Waals surface area contributed by atoms with Gasteiger partial charge in [0.05, 0.1) is 0 Å². The molecular weight excluding hydrogens is 260 g/mol. The Labute approximate surface area is 95.7 Å². The van der Waals surface area contributed by atoms with E-state index in [2.05, 4.69) is 40.0 Å². The van der Waals surface area contributed by atoms with Gasteiger partial charge in [-0.15, -0.1) is 0 Å². The quantitative estimate of drug-likeness (QED) is 0.784. The van der Waals surface area contributed by atoms with Crippen molar-refractivity contribution in [1.29, 1.82) is 0 Å². The molecule has 0 aliphatic rings. The Hall–Kier alpha value is -0.870. The Balaban J connectivity index is 2.63. The van der Waals surface area contributed by atoms with Gasteiger partial charge in [-0.2, -0.15) is 0 Å². The second-order valence-corrected chi connectivity index (χ2v) is 4.42. The smallest absolute Gasteiger partial charge is 0.181 e. The van der Waals surface area contributed by atoms with Gasteiger partial charge in [-0.1, -0.05) is 15.9 Å². The standard InChI is InChI=1S/C10H9BrN2S/c1-7-4-8(11)6-9(5-7)13-3-2-12-10(13)14/h2-6H,1H3,(H,12,14). The van der Waals surface area contributed by atoms with Gasteiger partial charge in [-0.25, -0.2) is 0 Å². The highest BCUT2D eigenvalue weighted by Gasteiger charge is 1.99. The largest absolute Gasteiger partial charge is 0.337 e. The van der Waals surface area contributed by atoms with Gasteiger partial charge in [0, 0.05) is 22.6 Å². The molecule has 0 spiro atoms. The molecule has 0 bridgehead atoms. The van der Waals surface area contributed by atoms with E-state index >= 15 is 0 Å². The number of halogens is 1. The summed E-state index contributed by atoms with van der Waals surface area (Å²) in [6.45, 7) is 2.06. The van der Waals surface area contributed by atoms with E-state index in [1.54, 1.807) is 0 Å². The summed E-state index contributed by atoms with van der Waals surface area (Å²) in [6.07, 6.45) is 3.75. The molecule has 1 aromatic carbocycles. The lowest BCUT2D eigenvalue weighted by atomic mass is 10.2. The monoisotopic (exact) mass is 268 g/mol. The molecule has 0 saturated heterocycles. The number of aryl methyl sites for hydroxylation is 1. The number of aromatic nitrogens is 2. The fourth-order valence-electron chi connectivity index (χ4n) is 1.38. The number of aromatic amines is 1. The number of hydrogen-bond acceptors (Lipinski definition) is 1. The summed E-state index contributed by atoms with van der Waals surface area (Å²) in [7, 11) is 0. The van der Waals surface area contributed by atoms with Crippen LogP contribution in [0.2, 0.25) is 0 Å². The fraction of sp³-hybridized carbons (Fsp3) is 0.100. The van der Waals surface area contributed by atoms with Gasteiger partial charge in [-0.3, -0.25) is 4.57 Å². The third-order valence-electron chi connectivity index (χ3n) is 1.95. The first kappa shape index (κ1) is 9.68. The lowest BCUT2D eigenvalue weighted by molar-refractivity contribution is 1.03. The van der Waals surface area contributed by atoms with Crippen LogP contribution in [0.5, 0.6) is 0 Å². The van der Waals surface area contributed by atoms with Gasteiger partial charge < -0.3 is 4.98 Å². The van der Waals surface area contributed by atoms with Crippen LogP contribution in [0, 0.1) is 11.7 Å². The zero-order valence-electron chi connectivity index (χ0n) is 7.62. The van der Waals surface area contributed by atoms with Crippen LogP contribution in [0.3, 0.4) is 0 Å². The van der Waals surface area contributed by atoms with Gasteiger partial charge in [0.1, 0.15) is 0 Å². The van der Waals surface area contributed by atoms with Gasteiger partial charge in [0.25, 0.3) is 0 Å². The van der Waals surface area contributed by atoms with E-state index in [1.165, 1.54) is 5.56 Å². The van der Waals surface area contributed by atoms with E-state index in [9.17, 15) is 0 Å². The molecule has 1 N–H and O–H groups in total. The summed E-state index contributed by atoms with van der Waals surface area (Å²) >= 11 is 8.61. The van der Waals surface area contributed by atoms with Crippen LogP contribution < -0.4 is 0 Å². The second kappa shape index (κ2) is 3.71. The maximum Gasteiger partial charge on any atom is 0.181 e. The number of H-pyrrole nitrogens is 1. The van der Waals surface area contributed by atoms with Crippen molar-refractivity contribution in [2.75, 3.05) is 0 Å². The van der Waals surface area contributed by atoms with E-state index in [4.69, 9.17) is 12.2 Å². The van der Waals surface area contributed by atoms with Crippen LogP contribution in [0.15, 0.2) is 35.1 Å². The summed E-state index contributed by atoms with van der Waals surface area (Å²) in [5, 5.41) is 0. The molecule has 0 fully saturated rings. The van der Waals surface area contributed by atoms with E-state index < -0.39 is 0 Å². The van der Waals surface area contributed by atoms with Crippen molar-refractivity contribution in [2.45, 2.75) is 6.92 Å². The predicted octanol–water partition coefficient (Wildman–Crippen LogP) is 3.61. The summed E-state index contributed by atoms with van der Waals surface area (Å²) in [5.41, 5.74) is 2.28. The molecule has 0 aliphatic carbocycles. The highest BCUT2D eigenvalue weighted by Crippen LogP contribution is 2.18. The first-order chi connectivity index (χ1) is 6.66. The van der Waals surface area contributed by atoms with Gasteiger partial charge >= 0.3 is 0 Å². The first-order valence-corrected chi connectivity index (χ1v) is 5.40. The van der Waals surface area contributed by atoms with Crippen LogP contribution in [-0.4, -0.2) is 9.55 Å². The SMILES string of the molecule is Cc1cc(Br)cc(-n2cc[nH]c2=S)c1. The Morgan fingerprint density at radius 2 is 2.14 bits per heavy atom. The van der Waals surface area contributed by atoms with Crippen molar-refractivity contribution in [2.24, 2.45) is 0 Å². The zero-order chi connectivity index (χ0) is 10.1. The normalized spacial score (nSPS) is 10.4. The Morgan fingerprint density at radius 1 is 1.36 bits per heavy atom. The molecule has 0 unspecified atom stereocenters. The Bertz CT molecular complexity index is 493. The molecule has 4 heteroatoms. The molecule has 72 valence electrons. The minimum Gasteiger partial charge on any atom is -0.337 e. The number of hydrogen-bond donors (Lipinski definition) is 1. The Morgan fingerprint density at radius 3 is 2.71 bits per heavy atom. The van der Waals surface area contributed by atoms with Gasteiger partial charge in [0.2, 0.25) is 0 Å². The molecule has 0 amide bonds. The van der Waals surface area contributed by atoms with Crippen molar-refractivity contribution >= 4 is 28.1 Å². The van der Waals surface area contributed by atoms with Crippen LogP contribution in [-0.2, 0) is 0 Å². The molecule has 2 nitrogen and oxygen atoms in total. The molecule has 14 heavy (non-hydrogen) atoms. The third-order valence-corrected chi connectivity index (χ3v) is 2.73. The van der Waals surface area contributed by atoms with Crippen molar-refractivity contribution in [3.05, 3.63) is 45.4 Å². The molecule has 0 saturated carbocycles. The maximum atomic E-state index is 5.15. The minimum absolute atomic E-state index is 0.711. The summed E-state index contributed by atoms with van der Waals surface area (Å²) < 4.78 is 3.71. The molecule has 2 aromatic rings. The first-order valence-electron chi connectivity index (χ1n) is 4.20. The lowest BCUT2D eigenvalue weighted by Crippen LogP contribution is -1.92. The number of nitrogens with zero attached hydrogens (tertiary/aromatic N) is 1. The highest BCUT2D eigenvalue weighted by molar-refractivity contribution is 9.10. The molecule has 1 heterocycles. The van der Waals surface area contributed by atoms with Crippen LogP contribution in [0.1, 0.15) is 5.56 Å². The number of nitrogens with one attached hydrogen (secondary N) is 1. The average molecular weight is 269 g/mol. The van der Waals surface area contributed by atoms with Crippen molar-refractivity contribution < 1.29 is 0 Å². The Kier molecular flexibility index (Phi) is 2.56. The number of benzene rings is 1.